The van der Waals surface area contributed by atoms with Crippen LogP contribution in [0, 0.1) is 0 Å². The van der Waals surface area contributed by atoms with Crippen molar-refractivity contribution in [3.8, 4) is 0 Å². The molecule has 6 heteroatoms. The molecule has 0 aliphatic heterocycles. The van der Waals surface area contributed by atoms with E-state index in [1.54, 1.807) is 0 Å². The monoisotopic (exact) mass is 190 g/mol. The lowest BCUT2D eigenvalue weighted by atomic mass is 10.1. The molecule has 1 atom stereocenters. The van der Waals surface area contributed by atoms with Crippen LogP contribution in [0.1, 0.15) is 19.3 Å². The van der Waals surface area contributed by atoms with Crippen LogP contribution in [0.5, 0.6) is 0 Å². The molecule has 13 heavy (non-hydrogen) atoms. The van der Waals surface area contributed by atoms with E-state index in [0.29, 0.717) is 19.4 Å². The summed E-state index contributed by atoms with van der Waals surface area (Å²) in [6.07, 6.45) is 0.211. The number of unbranched alkanes of at least 4 members (excludes halogenated alkanes) is 1. The highest BCUT2D eigenvalue weighted by Crippen LogP contribution is 1.99. The standard InChI is InChI=1S/C7H14N2O4/c8-4-2-1-3-5(9)6(10)13-7(11)12/h5H,1-4,8-9H2,(H,11,12). The van der Waals surface area contributed by atoms with E-state index in [-0.39, 0.29) is 0 Å². The summed E-state index contributed by atoms with van der Waals surface area (Å²) in [4.78, 5) is 20.7. The van der Waals surface area contributed by atoms with Gasteiger partial charge in [-0.05, 0) is 19.4 Å². The van der Waals surface area contributed by atoms with Gasteiger partial charge in [0, 0.05) is 0 Å². The topological polar surface area (TPSA) is 116 Å². The van der Waals surface area contributed by atoms with E-state index < -0.39 is 18.2 Å². The molecule has 0 heterocycles. The van der Waals surface area contributed by atoms with Gasteiger partial charge in [0.25, 0.3) is 0 Å². The van der Waals surface area contributed by atoms with Crippen molar-refractivity contribution in [1.29, 1.82) is 0 Å². The summed E-state index contributed by atoms with van der Waals surface area (Å²) >= 11 is 0. The highest BCUT2D eigenvalue weighted by atomic mass is 16.7. The molecular weight excluding hydrogens is 176 g/mol. The summed E-state index contributed by atoms with van der Waals surface area (Å²) in [5.41, 5.74) is 10.5. The number of esters is 1. The first-order valence-electron chi connectivity index (χ1n) is 3.98. The molecule has 0 aromatic heterocycles. The average molecular weight is 190 g/mol. The van der Waals surface area contributed by atoms with Gasteiger partial charge < -0.3 is 21.3 Å². The van der Waals surface area contributed by atoms with Crippen molar-refractivity contribution in [1.82, 2.24) is 0 Å². The van der Waals surface area contributed by atoms with Crippen molar-refractivity contribution in [3.05, 3.63) is 0 Å². The van der Waals surface area contributed by atoms with Gasteiger partial charge in [-0.1, -0.05) is 6.42 Å². The van der Waals surface area contributed by atoms with Crippen molar-refractivity contribution in [3.63, 3.8) is 0 Å². The fourth-order valence-corrected chi connectivity index (χ4v) is 0.788. The lowest BCUT2D eigenvalue weighted by molar-refractivity contribution is -0.140. The minimum absolute atomic E-state index is 0.392. The molecule has 0 fully saturated rings. The van der Waals surface area contributed by atoms with Crippen LogP contribution in [0.4, 0.5) is 4.79 Å². The third kappa shape index (κ3) is 6.06. The molecule has 0 saturated carbocycles. The molecule has 0 spiro atoms. The maximum absolute atomic E-state index is 10.8. The third-order valence-electron chi connectivity index (χ3n) is 1.46. The van der Waals surface area contributed by atoms with Crippen LogP contribution in [-0.2, 0) is 9.53 Å². The first-order chi connectivity index (χ1) is 6.07. The molecule has 0 radical (unpaired) electrons. The molecule has 0 aromatic carbocycles. The van der Waals surface area contributed by atoms with Crippen LogP contribution in [0.15, 0.2) is 0 Å². The Balaban J connectivity index is 3.63. The first-order valence-corrected chi connectivity index (χ1v) is 3.98. The summed E-state index contributed by atoms with van der Waals surface area (Å²) < 4.78 is 3.86. The number of hydrogen-bond acceptors (Lipinski definition) is 5. The third-order valence-corrected chi connectivity index (χ3v) is 1.46. The molecule has 0 aliphatic carbocycles. The molecule has 5 N–H and O–H groups in total. The van der Waals surface area contributed by atoms with Crippen molar-refractivity contribution in [2.75, 3.05) is 6.54 Å². The van der Waals surface area contributed by atoms with Gasteiger partial charge in [0.15, 0.2) is 0 Å². The zero-order valence-electron chi connectivity index (χ0n) is 7.23. The van der Waals surface area contributed by atoms with Gasteiger partial charge in [0.1, 0.15) is 6.04 Å². The molecule has 0 aromatic rings. The zero-order chi connectivity index (χ0) is 10.3. The molecule has 0 aliphatic rings. The fraction of sp³-hybridized carbons (Fsp3) is 0.714. The van der Waals surface area contributed by atoms with E-state index in [2.05, 4.69) is 4.74 Å². The summed E-state index contributed by atoms with van der Waals surface area (Å²) in [7, 11) is 0. The average Bonchev–Trinajstić information content (AvgIpc) is 2.03. The molecule has 0 bridgehead atoms. The number of carboxylic acid groups (broad SMARTS) is 1. The van der Waals surface area contributed by atoms with Gasteiger partial charge >= 0.3 is 12.1 Å². The second-order valence-corrected chi connectivity index (χ2v) is 2.58. The molecular formula is C7H14N2O4. The minimum atomic E-state index is -1.63. The zero-order valence-corrected chi connectivity index (χ0v) is 7.23. The highest BCUT2D eigenvalue weighted by Gasteiger charge is 2.17. The summed E-state index contributed by atoms with van der Waals surface area (Å²) in [6, 6.07) is -0.873. The van der Waals surface area contributed by atoms with Gasteiger partial charge in [0.2, 0.25) is 0 Å². The van der Waals surface area contributed by atoms with Crippen LogP contribution >= 0.6 is 0 Å². The van der Waals surface area contributed by atoms with Gasteiger partial charge in [0.05, 0.1) is 0 Å². The SMILES string of the molecule is NCCCCC(N)C(=O)OC(=O)O. The van der Waals surface area contributed by atoms with E-state index >= 15 is 0 Å². The molecule has 0 saturated heterocycles. The minimum Gasteiger partial charge on any atom is -0.449 e. The Morgan fingerprint density at radius 2 is 2.00 bits per heavy atom. The number of carbonyl (C=O) groups excluding carboxylic acids is 1. The van der Waals surface area contributed by atoms with E-state index in [1.165, 1.54) is 0 Å². The van der Waals surface area contributed by atoms with E-state index in [4.69, 9.17) is 16.6 Å². The molecule has 76 valence electrons. The summed E-state index contributed by atoms with van der Waals surface area (Å²) in [5, 5.41) is 8.09. The molecule has 6 nitrogen and oxygen atoms in total. The van der Waals surface area contributed by atoms with Gasteiger partial charge in [-0.25, -0.2) is 9.59 Å². The van der Waals surface area contributed by atoms with Crippen molar-refractivity contribution in [2.45, 2.75) is 25.3 Å². The maximum atomic E-state index is 10.8. The van der Waals surface area contributed by atoms with Crippen LogP contribution < -0.4 is 11.5 Å². The predicted molar refractivity (Wildman–Crippen MR) is 45.0 cm³/mol. The van der Waals surface area contributed by atoms with E-state index in [0.717, 1.165) is 6.42 Å². The van der Waals surface area contributed by atoms with Crippen LogP contribution in [0.2, 0.25) is 0 Å². The number of nitrogens with two attached hydrogens (primary N) is 2. The quantitative estimate of drug-likeness (QED) is 0.310. The Bertz CT molecular complexity index is 183. The van der Waals surface area contributed by atoms with E-state index in [9.17, 15) is 9.59 Å². The summed E-state index contributed by atoms with van der Waals surface area (Å²) in [5.74, 6) is -0.912. The van der Waals surface area contributed by atoms with Gasteiger partial charge in [-0.2, -0.15) is 0 Å². The number of rotatable bonds is 5. The lowest BCUT2D eigenvalue weighted by Crippen LogP contribution is -2.33. The number of hydrogen-bond donors (Lipinski definition) is 3. The maximum Gasteiger partial charge on any atom is 0.513 e. The van der Waals surface area contributed by atoms with Crippen molar-refractivity contribution < 1.29 is 19.4 Å². The second kappa shape index (κ2) is 6.38. The Labute approximate surface area is 75.8 Å². The van der Waals surface area contributed by atoms with Crippen molar-refractivity contribution in [2.24, 2.45) is 11.5 Å². The normalized spacial score (nSPS) is 12.2. The fourth-order valence-electron chi connectivity index (χ4n) is 0.788. The highest BCUT2D eigenvalue weighted by molar-refractivity contribution is 5.84. The number of ether oxygens (including phenoxy) is 1. The summed E-state index contributed by atoms with van der Waals surface area (Å²) in [6.45, 7) is 0.528. The van der Waals surface area contributed by atoms with Crippen LogP contribution in [-0.4, -0.2) is 29.8 Å². The van der Waals surface area contributed by atoms with Crippen LogP contribution in [0.25, 0.3) is 0 Å². The predicted octanol–water partition coefficient (Wildman–Crippen LogP) is -0.336. The van der Waals surface area contributed by atoms with Gasteiger partial charge in [-0.3, -0.25) is 0 Å². The largest absolute Gasteiger partial charge is 0.513 e. The Kier molecular flexibility index (Phi) is 5.82. The van der Waals surface area contributed by atoms with Gasteiger partial charge in [-0.15, -0.1) is 0 Å². The molecule has 0 amide bonds. The number of carbonyl (C=O) groups is 2. The van der Waals surface area contributed by atoms with Crippen molar-refractivity contribution >= 4 is 12.1 Å². The second-order valence-electron chi connectivity index (χ2n) is 2.58. The van der Waals surface area contributed by atoms with E-state index in [1.807, 2.05) is 0 Å². The van der Waals surface area contributed by atoms with Crippen LogP contribution in [0.3, 0.4) is 0 Å². The lowest BCUT2D eigenvalue weighted by Gasteiger charge is -2.07. The Morgan fingerprint density at radius 3 is 2.46 bits per heavy atom. The molecule has 1 unspecified atom stereocenters. The Morgan fingerprint density at radius 1 is 1.38 bits per heavy atom. The smallest absolute Gasteiger partial charge is 0.449 e. The Hall–Kier alpha value is -1.14. The first kappa shape index (κ1) is 11.9. The molecule has 0 rings (SSSR count).